The molecule has 1 aliphatic rings. The van der Waals surface area contributed by atoms with Gasteiger partial charge < -0.3 is 9.13 Å². The second-order valence-corrected chi connectivity index (χ2v) is 15.6. The Bertz CT molecular complexity index is 3620. The lowest BCUT2D eigenvalue weighted by Crippen LogP contribution is -1.98. The largest absolute Gasteiger partial charge is 0.309 e. The average molecular weight is 723 g/mol. The molecule has 0 amide bonds. The Labute approximate surface area is 329 Å². The third-order valence-electron chi connectivity index (χ3n) is 12.7. The molecule has 264 valence electrons. The van der Waals surface area contributed by atoms with Gasteiger partial charge in [0.1, 0.15) is 0 Å². The van der Waals surface area contributed by atoms with Crippen LogP contribution in [-0.4, -0.2) is 9.13 Å². The van der Waals surface area contributed by atoms with Crippen molar-refractivity contribution >= 4 is 75.9 Å². The second-order valence-electron chi connectivity index (χ2n) is 15.6. The second kappa shape index (κ2) is 11.6. The maximum Gasteiger partial charge on any atom is 0.0548 e. The van der Waals surface area contributed by atoms with Crippen molar-refractivity contribution in [2.24, 2.45) is 0 Å². The number of rotatable bonds is 3. The van der Waals surface area contributed by atoms with Crippen LogP contribution in [0.5, 0.6) is 0 Å². The highest BCUT2D eigenvalue weighted by atomic mass is 15.0. The lowest BCUT2D eigenvalue weighted by atomic mass is 9.90. The third kappa shape index (κ3) is 4.24. The van der Waals surface area contributed by atoms with Gasteiger partial charge in [-0.05, 0) is 127 Å². The minimum Gasteiger partial charge on any atom is -0.309 e. The van der Waals surface area contributed by atoms with Crippen molar-refractivity contribution in [3.8, 4) is 33.6 Å². The summed E-state index contributed by atoms with van der Waals surface area (Å²) in [7, 11) is 0. The van der Waals surface area contributed by atoms with E-state index in [1.807, 2.05) is 0 Å². The van der Waals surface area contributed by atoms with Gasteiger partial charge in [-0.1, -0.05) is 140 Å². The number of nitrogens with zero attached hydrogens (tertiary/aromatic N) is 2. The van der Waals surface area contributed by atoms with Crippen LogP contribution in [0.15, 0.2) is 194 Å². The molecule has 2 heterocycles. The van der Waals surface area contributed by atoms with E-state index < -0.39 is 0 Å². The molecular weight excluding hydrogens is 689 g/mol. The van der Waals surface area contributed by atoms with E-state index in [9.17, 15) is 0 Å². The molecule has 0 spiro atoms. The van der Waals surface area contributed by atoms with E-state index in [1.54, 1.807) is 0 Å². The zero-order chi connectivity index (χ0) is 37.2. The van der Waals surface area contributed by atoms with Gasteiger partial charge in [0.25, 0.3) is 0 Å². The fourth-order valence-electron chi connectivity index (χ4n) is 10.3. The first-order valence-corrected chi connectivity index (χ1v) is 19.9. The molecule has 0 saturated heterocycles. The van der Waals surface area contributed by atoms with Crippen molar-refractivity contribution in [2.75, 3.05) is 0 Å². The van der Waals surface area contributed by atoms with Crippen LogP contribution in [0, 0.1) is 0 Å². The Kier molecular flexibility index (Phi) is 6.25. The highest BCUT2D eigenvalue weighted by Gasteiger charge is 2.26. The number of benzene rings is 10. The molecule has 0 atom stereocenters. The molecule has 0 radical (unpaired) electrons. The van der Waals surface area contributed by atoms with Crippen LogP contribution in [0.2, 0.25) is 0 Å². The number of hydrogen-bond donors (Lipinski definition) is 0. The molecule has 1 aliphatic carbocycles. The Morgan fingerprint density at radius 2 is 0.789 bits per heavy atom. The average Bonchev–Trinajstić information content (AvgIpc) is 3.94. The van der Waals surface area contributed by atoms with Crippen LogP contribution in [0.1, 0.15) is 11.1 Å². The van der Waals surface area contributed by atoms with Gasteiger partial charge in [-0.2, -0.15) is 0 Å². The molecule has 2 aromatic heterocycles. The van der Waals surface area contributed by atoms with Gasteiger partial charge in [-0.15, -0.1) is 0 Å². The molecule has 2 heteroatoms. The van der Waals surface area contributed by atoms with Gasteiger partial charge in [-0.3, -0.25) is 0 Å². The Morgan fingerprint density at radius 1 is 0.298 bits per heavy atom. The highest BCUT2D eigenvalue weighted by Crippen LogP contribution is 2.47. The van der Waals surface area contributed by atoms with Crippen LogP contribution in [0.4, 0.5) is 0 Å². The molecule has 57 heavy (non-hydrogen) atoms. The summed E-state index contributed by atoms with van der Waals surface area (Å²) >= 11 is 0. The van der Waals surface area contributed by atoms with E-state index in [0.29, 0.717) is 0 Å². The smallest absolute Gasteiger partial charge is 0.0548 e. The summed E-state index contributed by atoms with van der Waals surface area (Å²) in [6, 6.07) is 72.2. The predicted octanol–water partition coefficient (Wildman–Crippen LogP) is 14.6. The van der Waals surface area contributed by atoms with E-state index in [4.69, 9.17) is 0 Å². The van der Waals surface area contributed by atoms with E-state index >= 15 is 0 Å². The highest BCUT2D eigenvalue weighted by molar-refractivity contribution is 6.29. The maximum absolute atomic E-state index is 2.52. The van der Waals surface area contributed by atoms with Gasteiger partial charge in [0.05, 0.1) is 22.1 Å². The topological polar surface area (TPSA) is 9.86 Å². The predicted molar refractivity (Wildman–Crippen MR) is 241 cm³/mol. The Hall–Kier alpha value is -7.42. The van der Waals surface area contributed by atoms with Crippen LogP contribution in [0.25, 0.3) is 110 Å². The summed E-state index contributed by atoms with van der Waals surface area (Å²) in [5.74, 6) is 0. The number of aromatic nitrogens is 2. The zero-order valence-electron chi connectivity index (χ0n) is 31.1. The summed E-state index contributed by atoms with van der Waals surface area (Å²) < 4.78 is 4.95. The van der Waals surface area contributed by atoms with Gasteiger partial charge in [-0.25, -0.2) is 0 Å². The molecule has 0 aliphatic heterocycles. The number of hydrogen-bond acceptors (Lipinski definition) is 0. The normalized spacial score (nSPS) is 12.5. The van der Waals surface area contributed by atoms with Gasteiger partial charge >= 0.3 is 0 Å². The van der Waals surface area contributed by atoms with Crippen molar-refractivity contribution < 1.29 is 0 Å². The minimum absolute atomic E-state index is 0.921. The van der Waals surface area contributed by atoms with Crippen LogP contribution in [0.3, 0.4) is 0 Å². The molecule has 0 N–H and O–H groups in total. The monoisotopic (exact) mass is 722 g/mol. The molecule has 0 unspecified atom stereocenters. The lowest BCUT2D eigenvalue weighted by Gasteiger charge is -2.17. The van der Waals surface area contributed by atoms with E-state index in [-0.39, 0.29) is 0 Å². The molecule has 13 rings (SSSR count). The number of fused-ring (bicyclic) bond motifs is 16. The van der Waals surface area contributed by atoms with E-state index in [0.717, 1.165) is 6.42 Å². The molecule has 12 aromatic rings. The summed E-state index contributed by atoms with van der Waals surface area (Å²) in [5.41, 5.74) is 15.2. The zero-order valence-corrected chi connectivity index (χ0v) is 31.1. The lowest BCUT2D eigenvalue weighted by molar-refractivity contribution is 1.17. The fraction of sp³-hybridized carbons (Fsp3) is 0.0182. The SMILES string of the molecule is c1ccc(-n2c3ccccc3c3c4c5ccccc5n(-c5cc(-c6ccc7c8ccccc8c8ccccc8c7c6)c6c(c5)-c5ccccc5C6)c4ccc32)cc1. The Morgan fingerprint density at radius 3 is 1.44 bits per heavy atom. The summed E-state index contributed by atoms with van der Waals surface area (Å²) in [5, 5.41) is 12.9. The maximum atomic E-state index is 2.52. The van der Waals surface area contributed by atoms with Gasteiger partial charge in [0, 0.05) is 32.9 Å². The van der Waals surface area contributed by atoms with Crippen LogP contribution < -0.4 is 0 Å². The standard InChI is InChI=1S/C55H34N2/c1-2-15-36(16-3-1)56-50-24-12-10-22-44(50)54-52(56)28-29-53-55(54)45-23-11-13-25-51(45)57(53)37-32-46(48-30-34-14-4-5-17-38(34)49(48)33-37)35-26-27-43-41-20-7-6-18-39(41)40-19-8-9-21-42(40)47(43)31-35/h1-29,31-33H,30H2. The molecule has 2 nitrogen and oxygen atoms in total. The Balaban J connectivity index is 1.13. The first kappa shape index (κ1) is 30.9. The van der Waals surface area contributed by atoms with Crippen molar-refractivity contribution in [1.82, 2.24) is 9.13 Å². The van der Waals surface area contributed by atoms with Crippen molar-refractivity contribution in [3.63, 3.8) is 0 Å². The third-order valence-corrected chi connectivity index (χ3v) is 12.7. The summed E-state index contributed by atoms with van der Waals surface area (Å²) in [6.07, 6.45) is 0.921. The minimum atomic E-state index is 0.921. The quantitative estimate of drug-likeness (QED) is 0.161. The van der Waals surface area contributed by atoms with Gasteiger partial charge in [0.2, 0.25) is 0 Å². The van der Waals surface area contributed by atoms with Crippen molar-refractivity contribution in [1.29, 1.82) is 0 Å². The fourth-order valence-corrected chi connectivity index (χ4v) is 10.3. The van der Waals surface area contributed by atoms with Crippen molar-refractivity contribution in [3.05, 3.63) is 205 Å². The van der Waals surface area contributed by atoms with E-state index in [2.05, 4.69) is 203 Å². The van der Waals surface area contributed by atoms with Gasteiger partial charge in [0.15, 0.2) is 0 Å². The summed E-state index contributed by atoms with van der Waals surface area (Å²) in [4.78, 5) is 0. The van der Waals surface area contributed by atoms with Crippen molar-refractivity contribution in [2.45, 2.75) is 6.42 Å². The van der Waals surface area contributed by atoms with E-state index in [1.165, 1.54) is 121 Å². The molecule has 10 aromatic carbocycles. The molecule has 0 fully saturated rings. The molecular formula is C55H34N2. The summed E-state index contributed by atoms with van der Waals surface area (Å²) in [6.45, 7) is 0. The number of para-hydroxylation sites is 3. The molecule has 0 saturated carbocycles. The first-order valence-electron chi connectivity index (χ1n) is 19.9. The van der Waals surface area contributed by atoms with Crippen LogP contribution in [-0.2, 0) is 6.42 Å². The van der Waals surface area contributed by atoms with Crippen LogP contribution >= 0.6 is 0 Å². The molecule has 0 bridgehead atoms. The first-order chi connectivity index (χ1) is 28.3.